The molecule has 0 aromatic heterocycles. The van der Waals surface area contributed by atoms with E-state index < -0.39 is 4.92 Å². The van der Waals surface area contributed by atoms with Crippen LogP contribution in [-0.2, 0) is 5.75 Å². The van der Waals surface area contributed by atoms with Crippen molar-refractivity contribution >= 4 is 22.6 Å². The molecule has 0 aliphatic carbocycles. The quantitative estimate of drug-likeness (QED) is 0.361. The summed E-state index contributed by atoms with van der Waals surface area (Å²) in [7, 11) is 0. The van der Waals surface area contributed by atoms with Gasteiger partial charge in [0.1, 0.15) is 0 Å². The molecule has 6 nitrogen and oxygen atoms in total. The minimum absolute atomic E-state index is 0.0113. The number of hydrogen-bond acceptors (Lipinski definition) is 5. The molecule has 104 valence electrons. The lowest BCUT2D eigenvalue weighted by atomic mass is 10.2. The zero-order valence-electron chi connectivity index (χ0n) is 10.9. The Morgan fingerprint density at radius 1 is 1.58 bits per heavy atom. The van der Waals surface area contributed by atoms with E-state index in [-0.39, 0.29) is 16.6 Å². The SMILES string of the molecule is CC(C)COc1ccc(CSC(=N)N)cc1[N+](=O)[O-]. The number of nitrogens with zero attached hydrogens (tertiary/aromatic N) is 1. The van der Waals surface area contributed by atoms with Crippen molar-refractivity contribution in [1.82, 2.24) is 0 Å². The number of ether oxygens (including phenoxy) is 1. The highest BCUT2D eigenvalue weighted by Crippen LogP contribution is 2.29. The average molecular weight is 283 g/mol. The summed E-state index contributed by atoms with van der Waals surface area (Å²) in [4.78, 5) is 10.5. The molecule has 0 heterocycles. The molecule has 7 heteroatoms. The van der Waals surface area contributed by atoms with E-state index >= 15 is 0 Å². The maximum absolute atomic E-state index is 11.0. The Morgan fingerprint density at radius 3 is 2.79 bits per heavy atom. The number of thioether (sulfide) groups is 1. The highest BCUT2D eigenvalue weighted by Gasteiger charge is 2.16. The van der Waals surface area contributed by atoms with Gasteiger partial charge in [0, 0.05) is 11.8 Å². The van der Waals surface area contributed by atoms with E-state index in [2.05, 4.69) is 0 Å². The van der Waals surface area contributed by atoms with Crippen LogP contribution >= 0.6 is 11.8 Å². The third-order valence-corrected chi connectivity index (χ3v) is 2.98. The molecule has 3 N–H and O–H groups in total. The molecule has 0 bridgehead atoms. The van der Waals surface area contributed by atoms with Gasteiger partial charge in [-0.2, -0.15) is 0 Å². The number of benzene rings is 1. The van der Waals surface area contributed by atoms with Crippen LogP contribution < -0.4 is 10.5 Å². The summed E-state index contributed by atoms with van der Waals surface area (Å²) in [6.45, 7) is 4.38. The van der Waals surface area contributed by atoms with Crippen LogP contribution in [0.25, 0.3) is 0 Å². The molecular formula is C12H17N3O3S. The van der Waals surface area contributed by atoms with Crippen LogP contribution in [-0.4, -0.2) is 16.7 Å². The molecule has 0 saturated heterocycles. The first kappa shape index (κ1) is 15.3. The first-order valence-electron chi connectivity index (χ1n) is 5.77. The number of nitro benzene ring substituents is 1. The molecule has 0 unspecified atom stereocenters. The van der Waals surface area contributed by atoms with Gasteiger partial charge in [-0.1, -0.05) is 31.7 Å². The Labute approximate surface area is 116 Å². The average Bonchev–Trinajstić information content (AvgIpc) is 2.33. The minimum atomic E-state index is -0.461. The van der Waals surface area contributed by atoms with Gasteiger partial charge in [0.2, 0.25) is 0 Å². The first-order valence-corrected chi connectivity index (χ1v) is 6.75. The summed E-state index contributed by atoms with van der Waals surface area (Å²) in [5.41, 5.74) is 5.92. The Morgan fingerprint density at radius 2 is 2.26 bits per heavy atom. The number of amidine groups is 1. The molecule has 0 atom stereocenters. The lowest BCUT2D eigenvalue weighted by Crippen LogP contribution is -2.07. The molecular weight excluding hydrogens is 266 g/mol. The fourth-order valence-electron chi connectivity index (χ4n) is 1.33. The van der Waals surface area contributed by atoms with E-state index in [1.807, 2.05) is 13.8 Å². The normalized spacial score (nSPS) is 10.5. The minimum Gasteiger partial charge on any atom is -0.487 e. The molecule has 0 aliphatic heterocycles. The van der Waals surface area contributed by atoms with Crippen LogP contribution in [0, 0.1) is 21.4 Å². The van der Waals surface area contributed by atoms with Crippen molar-refractivity contribution in [3.63, 3.8) is 0 Å². The smallest absolute Gasteiger partial charge is 0.311 e. The Balaban J connectivity index is 2.88. The van der Waals surface area contributed by atoms with E-state index in [9.17, 15) is 10.1 Å². The van der Waals surface area contributed by atoms with Gasteiger partial charge in [0.05, 0.1) is 11.5 Å². The van der Waals surface area contributed by atoms with Crippen LogP contribution in [0.1, 0.15) is 19.4 Å². The van der Waals surface area contributed by atoms with Crippen LogP contribution in [0.3, 0.4) is 0 Å². The summed E-state index contributed by atoms with van der Waals surface area (Å²) in [6.07, 6.45) is 0. The van der Waals surface area contributed by atoms with Crippen molar-refractivity contribution in [1.29, 1.82) is 5.41 Å². The van der Waals surface area contributed by atoms with Gasteiger partial charge in [0.15, 0.2) is 10.9 Å². The van der Waals surface area contributed by atoms with Crippen molar-refractivity contribution in [2.24, 2.45) is 11.7 Å². The van der Waals surface area contributed by atoms with E-state index in [0.717, 1.165) is 17.3 Å². The zero-order valence-corrected chi connectivity index (χ0v) is 11.7. The molecule has 1 aromatic carbocycles. The molecule has 19 heavy (non-hydrogen) atoms. The van der Waals surface area contributed by atoms with Crippen LogP contribution in [0.15, 0.2) is 18.2 Å². The molecule has 0 spiro atoms. The van der Waals surface area contributed by atoms with Gasteiger partial charge >= 0.3 is 5.69 Å². The highest BCUT2D eigenvalue weighted by molar-refractivity contribution is 8.13. The predicted molar refractivity (Wildman–Crippen MR) is 76.6 cm³/mol. The van der Waals surface area contributed by atoms with Gasteiger partial charge in [0.25, 0.3) is 0 Å². The topological polar surface area (TPSA) is 102 Å². The van der Waals surface area contributed by atoms with Gasteiger partial charge in [-0.25, -0.2) is 0 Å². The lowest BCUT2D eigenvalue weighted by Gasteiger charge is -2.10. The monoisotopic (exact) mass is 283 g/mol. The molecule has 0 amide bonds. The van der Waals surface area contributed by atoms with Gasteiger partial charge < -0.3 is 10.5 Å². The standard InChI is InChI=1S/C12H17N3O3S/c1-8(2)6-18-11-4-3-9(7-19-12(13)14)5-10(11)15(16)17/h3-5,8H,6-7H2,1-2H3,(H3,13,14). The molecule has 0 radical (unpaired) electrons. The number of nitrogens with two attached hydrogens (primary N) is 1. The summed E-state index contributed by atoms with van der Waals surface area (Å²) in [6, 6.07) is 4.81. The van der Waals surface area contributed by atoms with Crippen molar-refractivity contribution in [2.45, 2.75) is 19.6 Å². The Bertz CT molecular complexity index is 477. The van der Waals surface area contributed by atoms with Gasteiger partial charge in [-0.05, 0) is 17.5 Å². The number of hydrogen-bond donors (Lipinski definition) is 2. The van der Waals surface area contributed by atoms with E-state index in [4.69, 9.17) is 15.9 Å². The zero-order chi connectivity index (χ0) is 14.4. The Hall–Kier alpha value is -1.76. The molecule has 0 fully saturated rings. The Kier molecular flexibility index (Phi) is 5.62. The van der Waals surface area contributed by atoms with E-state index in [1.165, 1.54) is 6.07 Å². The van der Waals surface area contributed by atoms with Crippen LogP contribution in [0.5, 0.6) is 5.75 Å². The third-order valence-electron chi connectivity index (χ3n) is 2.19. The van der Waals surface area contributed by atoms with Gasteiger partial charge in [-0.3, -0.25) is 15.5 Å². The second-order valence-electron chi connectivity index (χ2n) is 4.42. The fourth-order valence-corrected chi connectivity index (χ4v) is 1.84. The maximum Gasteiger partial charge on any atom is 0.311 e. The molecule has 0 aliphatic rings. The van der Waals surface area contributed by atoms with Crippen LogP contribution in [0.4, 0.5) is 5.69 Å². The summed E-state index contributed by atoms with van der Waals surface area (Å²) in [5, 5.41) is 18.1. The highest BCUT2D eigenvalue weighted by atomic mass is 32.2. The third kappa shape index (κ3) is 5.17. The summed E-state index contributed by atoms with van der Waals surface area (Å²) < 4.78 is 5.43. The van der Waals surface area contributed by atoms with E-state index in [0.29, 0.717) is 18.3 Å². The number of nitro groups is 1. The number of rotatable bonds is 6. The largest absolute Gasteiger partial charge is 0.487 e. The predicted octanol–water partition coefficient (Wildman–Crippen LogP) is 2.76. The maximum atomic E-state index is 11.0. The van der Waals surface area contributed by atoms with Crippen LogP contribution in [0.2, 0.25) is 0 Å². The van der Waals surface area contributed by atoms with Crippen molar-refractivity contribution in [3.05, 3.63) is 33.9 Å². The number of nitrogens with one attached hydrogen (secondary N) is 1. The second-order valence-corrected chi connectivity index (χ2v) is 5.43. The summed E-state index contributed by atoms with van der Waals surface area (Å²) >= 11 is 1.13. The summed E-state index contributed by atoms with van der Waals surface area (Å²) in [5.74, 6) is 1.00. The second kappa shape index (κ2) is 6.98. The van der Waals surface area contributed by atoms with E-state index in [1.54, 1.807) is 12.1 Å². The van der Waals surface area contributed by atoms with Crippen molar-refractivity contribution < 1.29 is 9.66 Å². The fraction of sp³-hybridized carbons (Fsp3) is 0.417. The lowest BCUT2D eigenvalue weighted by molar-refractivity contribution is -0.385. The molecule has 0 saturated carbocycles. The van der Waals surface area contributed by atoms with Crippen molar-refractivity contribution in [3.8, 4) is 5.75 Å². The molecule has 1 rings (SSSR count). The van der Waals surface area contributed by atoms with Gasteiger partial charge in [-0.15, -0.1) is 0 Å². The van der Waals surface area contributed by atoms with Crippen molar-refractivity contribution in [2.75, 3.05) is 6.61 Å². The molecule has 1 aromatic rings. The first-order chi connectivity index (χ1) is 8.90.